The highest BCUT2D eigenvalue weighted by Crippen LogP contribution is 2.69. The van der Waals surface area contributed by atoms with E-state index in [0.29, 0.717) is 0 Å². The van der Waals surface area contributed by atoms with Gasteiger partial charge in [-0.2, -0.15) is 0 Å². The maximum atomic E-state index is 2.45. The molecule has 0 atom stereocenters. The van der Waals surface area contributed by atoms with Crippen molar-refractivity contribution in [2.75, 3.05) is 14.7 Å². The summed E-state index contributed by atoms with van der Waals surface area (Å²) in [4.78, 5) is 7.28. The van der Waals surface area contributed by atoms with E-state index < -0.39 is 5.41 Å². The van der Waals surface area contributed by atoms with Crippen molar-refractivity contribution in [2.24, 2.45) is 0 Å². The van der Waals surface area contributed by atoms with Gasteiger partial charge in [-0.1, -0.05) is 437 Å². The summed E-state index contributed by atoms with van der Waals surface area (Å²) in [6, 6.07) is 193. The average molecular weight is 1680 g/mol. The molecule has 6 aliphatic rings. The zero-order chi connectivity index (χ0) is 87.3. The second-order valence-electron chi connectivity index (χ2n) is 35.0. The standard InChI is InChI=1S/C49H33N.C43H29N.C37H25N/c1-3-14-34(15-4-1)36-26-30-38(31-27-36)50(39-32-28-37(29-33-39)35-16-5-2-6-17-35)47-25-13-24-46-48(47)42-20-9-12-23-45(42)49(46)43-21-10-7-18-40(43)41-19-8-11-22-44(41)49;1-3-14-30(15-4-1)31-26-28-33(29-27-31)44(32-16-5-2-6-17-32)41-25-13-24-40-42(41)36-20-9-12-23-39(36)43(40)37-21-10-7-18-34(37)35-19-8-11-22-38(35)43;1-3-14-26(15-4-1)38(27-16-5-2-6-17-27)35-25-13-24-34-36(35)30-20-9-12-23-33(30)37(34)31-21-10-7-18-28(31)29-19-8-11-22-32(29)37/h1-33H;1-29H;1-25H. The summed E-state index contributed by atoms with van der Waals surface area (Å²) in [5.74, 6) is 0. The van der Waals surface area contributed by atoms with E-state index in [4.69, 9.17) is 0 Å². The zero-order valence-corrected chi connectivity index (χ0v) is 72.6. The maximum Gasteiger partial charge on any atom is 0.0726 e. The number of anilines is 9. The summed E-state index contributed by atoms with van der Waals surface area (Å²) >= 11 is 0. The Morgan fingerprint density at radius 1 is 0.106 bits per heavy atom. The Hall–Kier alpha value is -17.0. The first-order chi connectivity index (χ1) is 65.6. The molecule has 0 saturated carbocycles. The van der Waals surface area contributed by atoms with E-state index in [1.165, 1.54) is 184 Å². The van der Waals surface area contributed by atoms with Gasteiger partial charge in [-0.3, -0.25) is 0 Å². The number of fused-ring (bicyclic) bond motifs is 30. The summed E-state index contributed by atoms with van der Waals surface area (Å²) in [6.45, 7) is 0. The minimum absolute atomic E-state index is 0.339. The van der Waals surface area contributed by atoms with E-state index in [9.17, 15) is 0 Å². The second kappa shape index (κ2) is 31.8. The lowest BCUT2D eigenvalue weighted by molar-refractivity contribution is 0.794. The van der Waals surface area contributed by atoms with Crippen LogP contribution < -0.4 is 14.7 Å². The first-order valence-corrected chi connectivity index (χ1v) is 45.9. The molecule has 3 nitrogen and oxygen atoms in total. The van der Waals surface area contributed by atoms with Gasteiger partial charge in [0.1, 0.15) is 0 Å². The largest absolute Gasteiger partial charge is 0.310 e. The highest BCUT2D eigenvalue weighted by Gasteiger charge is 2.56. The molecule has 3 heteroatoms. The summed E-state index contributed by atoms with van der Waals surface area (Å²) < 4.78 is 0. The average Bonchev–Trinajstić information content (AvgIpc) is 1.52. The van der Waals surface area contributed by atoms with Crippen LogP contribution >= 0.6 is 0 Å². The topological polar surface area (TPSA) is 9.72 Å². The number of hydrogen-bond acceptors (Lipinski definition) is 3. The molecule has 0 heterocycles. The molecule has 0 amide bonds. The van der Waals surface area contributed by atoms with Gasteiger partial charge in [0, 0.05) is 50.8 Å². The molecule has 132 heavy (non-hydrogen) atoms. The first-order valence-electron chi connectivity index (χ1n) is 45.9. The van der Waals surface area contributed by atoms with Gasteiger partial charge in [0.2, 0.25) is 0 Å². The van der Waals surface area contributed by atoms with Crippen LogP contribution in [0.3, 0.4) is 0 Å². The van der Waals surface area contributed by atoms with Gasteiger partial charge >= 0.3 is 0 Å². The van der Waals surface area contributed by atoms with Gasteiger partial charge in [-0.05, 0) is 241 Å². The monoisotopic (exact) mass is 1680 g/mol. The van der Waals surface area contributed by atoms with Gasteiger partial charge in [0.05, 0.1) is 33.3 Å². The predicted octanol–water partition coefficient (Wildman–Crippen LogP) is 33.5. The molecule has 618 valence electrons. The van der Waals surface area contributed by atoms with Crippen LogP contribution in [0.4, 0.5) is 51.2 Å². The van der Waals surface area contributed by atoms with Crippen molar-refractivity contribution in [3.63, 3.8) is 0 Å². The molecule has 0 bridgehead atoms. The quantitative estimate of drug-likeness (QED) is 0.121. The molecule has 0 fully saturated rings. The molecule has 0 radical (unpaired) electrons. The Kier molecular flexibility index (Phi) is 18.6. The fraction of sp³-hybridized carbons (Fsp3) is 0.0233. The molecule has 21 aromatic rings. The molecule has 27 rings (SSSR count). The van der Waals surface area contributed by atoms with E-state index in [0.717, 1.165) is 34.1 Å². The third-order valence-electron chi connectivity index (χ3n) is 28.5. The van der Waals surface area contributed by atoms with Crippen molar-refractivity contribution in [3.8, 4) is 100 Å². The number of hydrogen-bond donors (Lipinski definition) is 0. The zero-order valence-electron chi connectivity index (χ0n) is 72.6. The van der Waals surface area contributed by atoms with Crippen LogP contribution in [0.5, 0.6) is 0 Å². The summed E-state index contributed by atoms with van der Waals surface area (Å²) in [5, 5.41) is 0. The van der Waals surface area contributed by atoms with Crippen LogP contribution in [0.15, 0.2) is 528 Å². The Morgan fingerprint density at radius 3 is 0.470 bits per heavy atom. The van der Waals surface area contributed by atoms with Crippen molar-refractivity contribution in [2.45, 2.75) is 16.2 Å². The van der Waals surface area contributed by atoms with Gasteiger partial charge in [0.25, 0.3) is 0 Å². The Bertz CT molecular complexity index is 7730. The molecule has 0 aliphatic heterocycles. The third kappa shape index (κ3) is 11.8. The number of para-hydroxylation sites is 3. The molecule has 0 N–H and O–H groups in total. The molecule has 21 aromatic carbocycles. The van der Waals surface area contributed by atoms with E-state index in [-0.39, 0.29) is 10.8 Å². The van der Waals surface area contributed by atoms with Crippen LogP contribution in [0.1, 0.15) is 66.8 Å². The Balaban J connectivity index is 0.000000107. The number of benzene rings is 21. The van der Waals surface area contributed by atoms with Crippen molar-refractivity contribution in [1.29, 1.82) is 0 Å². The molecular weight excluding hydrogens is 1590 g/mol. The van der Waals surface area contributed by atoms with Gasteiger partial charge in [0.15, 0.2) is 0 Å². The van der Waals surface area contributed by atoms with Crippen LogP contribution in [0, 0.1) is 0 Å². The lowest BCUT2D eigenvalue weighted by Crippen LogP contribution is -2.26. The smallest absolute Gasteiger partial charge is 0.0726 e. The normalized spacial score (nSPS) is 13.2. The van der Waals surface area contributed by atoms with Crippen molar-refractivity contribution in [1.82, 2.24) is 0 Å². The van der Waals surface area contributed by atoms with Crippen molar-refractivity contribution in [3.05, 3.63) is 595 Å². The van der Waals surface area contributed by atoms with E-state index in [1.807, 2.05) is 0 Å². The maximum absolute atomic E-state index is 2.45. The minimum atomic E-state index is -0.394. The fourth-order valence-corrected chi connectivity index (χ4v) is 23.2. The molecule has 0 unspecified atom stereocenters. The van der Waals surface area contributed by atoms with E-state index in [1.54, 1.807) is 0 Å². The van der Waals surface area contributed by atoms with E-state index >= 15 is 0 Å². The Labute approximate surface area is 771 Å². The number of nitrogens with zero attached hydrogens (tertiary/aromatic N) is 3. The molecule has 3 spiro atoms. The van der Waals surface area contributed by atoms with Crippen LogP contribution in [-0.2, 0) is 16.2 Å². The van der Waals surface area contributed by atoms with Crippen LogP contribution in [0.2, 0.25) is 0 Å². The van der Waals surface area contributed by atoms with Crippen molar-refractivity contribution < 1.29 is 0 Å². The lowest BCUT2D eigenvalue weighted by Gasteiger charge is -2.32. The van der Waals surface area contributed by atoms with Crippen LogP contribution in [-0.4, -0.2) is 0 Å². The molecule has 6 aliphatic carbocycles. The highest BCUT2D eigenvalue weighted by atomic mass is 15.2. The summed E-state index contributed by atoms with van der Waals surface area (Å²) in [6.07, 6.45) is 0. The molecular formula is C129H87N3. The summed E-state index contributed by atoms with van der Waals surface area (Å²) in [7, 11) is 0. The van der Waals surface area contributed by atoms with Crippen LogP contribution in [0.25, 0.3) is 100 Å². The fourth-order valence-electron chi connectivity index (χ4n) is 23.2. The summed E-state index contributed by atoms with van der Waals surface area (Å²) in [5.41, 5.74) is 48.6. The minimum Gasteiger partial charge on any atom is -0.310 e. The molecule has 0 aromatic heterocycles. The van der Waals surface area contributed by atoms with Crippen molar-refractivity contribution >= 4 is 51.2 Å². The van der Waals surface area contributed by atoms with Gasteiger partial charge in [-0.15, -0.1) is 0 Å². The van der Waals surface area contributed by atoms with Gasteiger partial charge in [-0.25, -0.2) is 0 Å². The van der Waals surface area contributed by atoms with Gasteiger partial charge < -0.3 is 14.7 Å². The SMILES string of the molecule is c1ccc(-c2ccc(N(c3ccc(-c4ccccc4)cc3)c3cccc4c3-c3ccccc3C43c4ccccc4-c4ccccc43)cc2)cc1.c1ccc(-c2ccc(N(c3ccccc3)c3cccc4c3-c3ccccc3C43c4ccccc4-c4ccccc43)cc2)cc1.c1ccc(N(c2ccccc2)c2cccc3c2-c2ccccc2C32c3ccccc3-c3ccccc32)cc1. The molecule has 0 saturated heterocycles. The number of rotatable bonds is 12. The second-order valence-corrected chi connectivity index (χ2v) is 35.0. The van der Waals surface area contributed by atoms with E-state index in [2.05, 4.69) is 542 Å². The third-order valence-corrected chi connectivity index (χ3v) is 28.5. The lowest BCUT2D eigenvalue weighted by atomic mass is 9.70. The highest BCUT2D eigenvalue weighted by molar-refractivity contribution is 6.06. The first kappa shape index (κ1) is 77.4. The Morgan fingerprint density at radius 2 is 0.258 bits per heavy atom. The predicted molar refractivity (Wildman–Crippen MR) is 549 cm³/mol.